The van der Waals surface area contributed by atoms with Crippen molar-refractivity contribution < 1.29 is 5.11 Å². The number of aryl methyl sites for hydroxylation is 1. The molecule has 1 unspecified atom stereocenters. The normalized spacial score (nSPS) is 12.3. The van der Waals surface area contributed by atoms with Crippen LogP contribution < -0.4 is 5.32 Å². The van der Waals surface area contributed by atoms with E-state index in [1.807, 2.05) is 48.8 Å². The van der Waals surface area contributed by atoms with Gasteiger partial charge >= 0.3 is 0 Å². The van der Waals surface area contributed by atoms with Gasteiger partial charge in [-0.2, -0.15) is 0 Å². The van der Waals surface area contributed by atoms with Gasteiger partial charge in [-0.15, -0.1) is 0 Å². The maximum atomic E-state index is 9.80. The quantitative estimate of drug-likeness (QED) is 0.765. The predicted molar refractivity (Wildman–Crippen MR) is 86.4 cm³/mol. The van der Waals surface area contributed by atoms with E-state index in [0.717, 1.165) is 27.6 Å². The molecule has 1 aromatic heterocycles. The summed E-state index contributed by atoms with van der Waals surface area (Å²) < 4.78 is 0. The molecule has 0 spiro atoms. The van der Waals surface area contributed by atoms with E-state index in [1.54, 1.807) is 0 Å². The minimum absolute atomic E-state index is 0.0179. The first-order chi connectivity index (χ1) is 10.3. The van der Waals surface area contributed by atoms with Crippen LogP contribution in [0.3, 0.4) is 0 Å². The van der Waals surface area contributed by atoms with Crippen LogP contribution in [-0.4, -0.2) is 16.7 Å². The SMILES string of the molecule is Cc1ccccc1NC(CO)c1cncc2ccccc12. The molecule has 0 aliphatic rings. The number of benzene rings is 2. The van der Waals surface area contributed by atoms with Gasteiger partial charge in [0.2, 0.25) is 0 Å². The first kappa shape index (κ1) is 13.6. The summed E-state index contributed by atoms with van der Waals surface area (Å²) >= 11 is 0. The minimum Gasteiger partial charge on any atom is -0.394 e. The average Bonchev–Trinajstić information content (AvgIpc) is 2.54. The van der Waals surface area contributed by atoms with Gasteiger partial charge in [0, 0.05) is 29.0 Å². The van der Waals surface area contributed by atoms with Crippen molar-refractivity contribution in [2.24, 2.45) is 0 Å². The number of aliphatic hydroxyl groups excluding tert-OH is 1. The maximum absolute atomic E-state index is 9.80. The van der Waals surface area contributed by atoms with Gasteiger partial charge in [0.25, 0.3) is 0 Å². The number of para-hydroxylation sites is 1. The summed E-state index contributed by atoms with van der Waals surface area (Å²) in [6.07, 6.45) is 3.68. The Bertz CT molecular complexity index is 750. The molecule has 0 fully saturated rings. The maximum Gasteiger partial charge on any atom is 0.0766 e. The third-order valence-electron chi connectivity index (χ3n) is 3.73. The fourth-order valence-corrected chi connectivity index (χ4v) is 2.56. The van der Waals surface area contributed by atoms with Crippen molar-refractivity contribution in [1.29, 1.82) is 0 Å². The molecule has 0 aliphatic heterocycles. The smallest absolute Gasteiger partial charge is 0.0766 e. The first-order valence-corrected chi connectivity index (χ1v) is 7.05. The van der Waals surface area contributed by atoms with Gasteiger partial charge in [-0.25, -0.2) is 0 Å². The fourth-order valence-electron chi connectivity index (χ4n) is 2.56. The van der Waals surface area contributed by atoms with Crippen molar-refractivity contribution in [3.05, 3.63) is 72.1 Å². The van der Waals surface area contributed by atoms with Crippen LogP contribution in [0.4, 0.5) is 5.69 Å². The molecular formula is C18H18N2O. The Morgan fingerprint density at radius 3 is 2.62 bits per heavy atom. The van der Waals surface area contributed by atoms with E-state index in [4.69, 9.17) is 0 Å². The van der Waals surface area contributed by atoms with Crippen LogP contribution >= 0.6 is 0 Å². The van der Waals surface area contributed by atoms with Crippen LogP contribution in [0.1, 0.15) is 17.2 Å². The van der Waals surface area contributed by atoms with Gasteiger partial charge in [0.1, 0.15) is 0 Å². The number of nitrogens with one attached hydrogen (secondary N) is 1. The van der Waals surface area contributed by atoms with Gasteiger partial charge in [0.05, 0.1) is 12.6 Å². The number of aromatic nitrogens is 1. The van der Waals surface area contributed by atoms with E-state index in [-0.39, 0.29) is 12.6 Å². The number of aliphatic hydroxyl groups is 1. The molecule has 106 valence electrons. The standard InChI is InChI=1S/C18H18N2O/c1-13-6-2-5-9-17(13)20-18(12-21)16-11-19-10-14-7-3-4-8-15(14)16/h2-11,18,20-21H,12H2,1H3. The third kappa shape index (κ3) is 2.73. The highest BCUT2D eigenvalue weighted by molar-refractivity contribution is 5.85. The van der Waals surface area contributed by atoms with Crippen molar-refractivity contribution in [2.45, 2.75) is 13.0 Å². The minimum atomic E-state index is -0.176. The molecule has 3 rings (SSSR count). The van der Waals surface area contributed by atoms with Gasteiger partial charge in [-0.05, 0) is 23.9 Å². The zero-order valence-corrected chi connectivity index (χ0v) is 12.0. The highest BCUT2D eigenvalue weighted by Crippen LogP contribution is 2.27. The van der Waals surface area contributed by atoms with Crippen molar-refractivity contribution >= 4 is 16.5 Å². The van der Waals surface area contributed by atoms with Crippen LogP contribution in [0.2, 0.25) is 0 Å². The summed E-state index contributed by atoms with van der Waals surface area (Å²) in [5, 5.41) is 15.4. The van der Waals surface area contributed by atoms with E-state index in [0.29, 0.717) is 0 Å². The van der Waals surface area contributed by atoms with Crippen LogP contribution in [-0.2, 0) is 0 Å². The molecular weight excluding hydrogens is 260 g/mol. The molecule has 1 heterocycles. The van der Waals surface area contributed by atoms with Gasteiger partial charge in [0.15, 0.2) is 0 Å². The van der Waals surface area contributed by atoms with Crippen LogP contribution in [0.5, 0.6) is 0 Å². The first-order valence-electron chi connectivity index (χ1n) is 7.05. The number of nitrogens with zero attached hydrogens (tertiary/aromatic N) is 1. The Labute approximate surface area is 124 Å². The lowest BCUT2D eigenvalue weighted by Gasteiger charge is -2.20. The van der Waals surface area contributed by atoms with Crippen molar-refractivity contribution in [3.63, 3.8) is 0 Å². The summed E-state index contributed by atoms with van der Waals surface area (Å²) in [6, 6.07) is 16.0. The Morgan fingerprint density at radius 1 is 1.05 bits per heavy atom. The Kier molecular flexibility index (Phi) is 3.84. The Hall–Kier alpha value is -2.39. The Morgan fingerprint density at radius 2 is 1.81 bits per heavy atom. The molecule has 2 N–H and O–H groups in total. The summed E-state index contributed by atoms with van der Waals surface area (Å²) in [6.45, 7) is 2.07. The van der Waals surface area contributed by atoms with E-state index >= 15 is 0 Å². The topological polar surface area (TPSA) is 45.1 Å². The number of pyridine rings is 1. The molecule has 0 saturated carbocycles. The van der Waals surface area contributed by atoms with Crippen LogP contribution in [0, 0.1) is 6.92 Å². The summed E-state index contributed by atoms with van der Waals surface area (Å²) in [5.74, 6) is 0. The number of rotatable bonds is 4. The zero-order valence-electron chi connectivity index (χ0n) is 12.0. The molecule has 1 atom stereocenters. The molecule has 3 heteroatoms. The summed E-state index contributed by atoms with van der Waals surface area (Å²) in [7, 11) is 0. The molecule has 0 saturated heterocycles. The number of hydrogen-bond acceptors (Lipinski definition) is 3. The van der Waals surface area contributed by atoms with E-state index in [2.05, 4.69) is 29.4 Å². The number of hydrogen-bond donors (Lipinski definition) is 2. The second-order valence-corrected chi connectivity index (χ2v) is 5.14. The van der Waals surface area contributed by atoms with E-state index in [1.165, 1.54) is 0 Å². The molecule has 3 aromatic rings. The van der Waals surface area contributed by atoms with Gasteiger partial charge in [-0.3, -0.25) is 4.98 Å². The molecule has 0 bridgehead atoms. The molecule has 21 heavy (non-hydrogen) atoms. The lowest BCUT2D eigenvalue weighted by atomic mass is 10.0. The number of anilines is 1. The van der Waals surface area contributed by atoms with Crippen LogP contribution in [0.15, 0.2) is 60.9 Å². The highest BCUT2D eigenvalue weighted by atomic mass is 16.3. The molecule has 2 aromatic carbocycles. The second-order valence-electron chi connectivity index (χ2n) is 5.14. The molecule has 0 amide bonds. The fraction of sp³-hybridized carbons (Fsp3) is 0.167. The molecule has 3 nitrogen and oxygen atoms in total. The number of fused-ring (bicyclic) bond motifs is 1. The predicted octanol–water partition coefficient (Wildman–Crippen LogP) is 3.69. The summed E-state index contributed by atoms with van der Waals surface area (Å²) in [4.78, 5) is 4.29. The van der Waals surface area contributed by atoms with Crippen molar-refractivity contribution in [3.8, 4) is 0 Å². The lowest BCUT2D eigenvalue weighted by Crippen LogP contribution is -2.16. The van der Waals surface area contributed by atoms with E-state index in [9.17, 15) is 5.11 Å². The van der Waals surface area contributed by atoms with Gasteiger partial charge < -0.3 is 10.4 Å². The zero-order chi connectivity index (χ0) is 14.7. The Balaban J connectivity index is 2.01. The molecule has 0 radical (unpaired) electrons. The van der Waals surface area contributed by atoms with Crippen molar-refractivity contribution in [2.75, 3.05) is 11.9 Å². The summed E-state index contributed by atoms with van der Waals surface area (Å²) in [5.41, 5.74) is 3.20. The van der Waals surface area contributed by atoms with Gasteiger partial charge in [-0.1, -0.05) is 42.5 Å². The highest BCUT2D eigenvalue weighted by Gasteiger charge is 2.14. The average molecular weight is 278 g/mol. The lowest BCUT2D eigenvalue weighted by molar-refractivity contribution is 0.276. The monoisotopic (exact) mass is 278 g/mol. The second kappa shape index (κ2) is 5.94. The van der Waals surface area contributed by atoms with E-state index < -0.39 is 0 Å². The third-order valence-corrected chi connectivity index (χ3v) is 3.73. The van der Waals surface area contributed by atoms with Crippen LogP contribution in [0.25, 0.3) is 10.8 Å². The largest absolute Gasteiger partial charge is 0.394 e. The van der Waals surface area contributed by atoms with Crippen molar-refractivity contribution in [1.82, 2.24) is 4.98 Å². The molecule has 0 aliphatic carbocycles.